The summed E-state index contributed by atoms with van der Waals surface area (Å²) in [7, 11) is 0. The fraction of sp³-hybridized carbons (Fsp3) is 0.190. The van der Waals surface area contributed by atoms with Crippen LogP contribution in [0.25, 0.3) is 10.7 Å². The maximum absolute atomic E-state index is 12.4. The number of rotatable bonds is 9. The zero-order valence-corrected chi connectivity index (χ0v) is 18.0. The Morgan fingerprint density at radius 3 is 2.90 bits per heavy atom. The van der Waals surface area contributed by atoms with Gasteiger partial charge in [0, 0.05) is 23.5 Å². The standard InChI is InChI=1S/C21H19N3O2S3/c25-19(8-3-9-20-23-21(24-26-20)18-7-4-11-28-18)22-16-5-1-2-6-17(16)29-14-15-10-12-27-13-15/h1-2,4-7,10-13H,3,8-9,14H2,(H,22,25). The summed E-state index contributed by atoms with van der Waals surface area (Å²) in [5.41, 5.74) is 2.15. The summed E-state index contributed by atoms with van der Waals surface area (Å²) in [5.74, 6) is 2.05. The van der Waals surface area contributed by atoms with Crippen molar-refractivity contribution < 1.29 is 9.32 Å². The van der Waals surface area contributed by atoms with E-state index in [1.807, 2.05) is 41.8 Å². The Hall–Kier alpha value is -2.42. The second-order valence-corrected chi connectivity index (χ2v) is 9.05. The van der Waals surface area contributed by atoms with Crippen molar-refractivity contribution in [2.24, 2.45) is 0 Å². The van der Waals surface area contributed by atoms with Gasteiger partial charge in [0.2, 0.25) is 17.6 Å². The fourth-order valence-electron chi connectivity index (χ4n) is 2.71. The van der Waals surface area contributed by atoms with E-state index in [1.54, 1.807) is 34.4 Å². The zero-order chi connectivity index (χ0) is 19.9. The van der Waals surface area contributed by atoms with Crippen molar-refractivity contribution in [1.82, 2.24) is 10.1 Å². The van der Waals surface area contributed by atoms with E-state index in [-0.39, 0.29) is 5.91 Å². The van der Waals surface area contributed by atoms with Crippen LogP contribution in [-0.2, 0) is 17.0 Å². The molecule has 0 unspecified atom stereocenters. The number of hydrogen-bond donors (Lipinski definition) is 1. The molecule has 0 spiro atoms. The number of para-hydroxylation sites is 1. The minimum Gasteiger partial charge on any atom is -0.339 e. The molecule has 1 N–H and O–H groups in total. The highest BCUT2D eigenvalue weighted by molar-refractivity contribution is 7.98. The van der Waals surface area contributed by atoms with Crippen molar-refractivity contribution in [3.8, 4) is 10.7 Å². The van der Waals surface area contributed by atoms with E-state index in [0.717, 1.165) is 21.2 Å². The summed E-state index contributed by atoms with van der Waals surface area (Å²) in [6.45, 7) is 0. The van der Waals surface area contributed by atoms with Gasteiger partial charge in [0.05, 0.1) is 10.6 Å². The third-order valence-corrected chi connectivity index (χ3v) is 6.88. The van der Waals surface area contributed by atoms with Crippen LogP contribution in [-0.4, -0.2) is 16.0 Å². The van der Waals surface area contributed by atoms with E-state index in [2.05, 4.69) is 32.3 Å². The molecule has 3 heterocycles. The van der Waals surface area contributed by atoms with Gasteiger partial charge in [-0.25, -0.2) is 0 Å². The van der Waals surface area contributed by atoms with Crippen LogP contribution < -0.4 is 5.32 Å². The molecule has 0 atom stereocenters. The summed E-state index contributed by atoms with van der Waals surface area (Å²) in [6, 6.07) is 14.0. The van der Waals surface area contributed by atoms with E-state index in [1.165, 1.54) is 5.56 Å². The average molecular weight is 442 g/mol. The molecule has 4 rings (SSSR count). The van der Waals surface area contributed by atoms with Crippen LogP contribution in [0.4, 0.5) is 5.69 Å². The Kier molecular flexibility index (Phi) is 6.76. The van der Waals surface area contributed by atoms with Crippen molar-refractivity contribution in [2.45, 2.75) is 29.9 Å². The van der Waals surface area contributed by atoms with Gasteiger partial charge in [0.1, 0.15) is 0 Å². The number of anilines is 1. The number of amides is 1. The lowest BCUT2D eigenvalue weighted by atomic mass is 10.2. The van der Waals surface area contributed by atoms with Crippen molar-refractivity contribution in [2.75, 3.05) is 5.32 Å². The molecule has 0 saturated carbocycles. The maximum Gasteiger partial charge on any atom is 0.226 e. The number of aryl methyl sites for hydroxylation is 1. The quantitative estimate of drug-likeness (QED) is 0.317. The Labute approximate surface area is 181 Å². The molecule has 0 fully saturated rings. The normalized spacial score (nSPS) is 10.9. The minimum atomic E-state index is -0.00780. The number of carbonyl (C=O) groups excluding carboxylic acids is 1. The van der Waals surface area contributed by atoms with E-state index >= 15 is 0 Å². The molecule has 148 valence electrons. The molecule has 8 heteroatoms. The number of benzene rings is 1. The van der Waals surface area contributed by atoms with Crippen molar-refractivity contribution in [3.05, 3.63) is 70.1 Å². The minimum absolute atomic E-state index is 0.00780. The first-order valence-corrected chi connectivity index (χ1v) is 12.0. The second kappa shape index (κ2) is 9.87. The van der Waals surface area contributed by atoms with Crippen molar-refractivity contribution >= 4 is 46.0 Å². The van der Waals surface area contributed by atoms with Gasteiger partial charge in [-0.15, -0.1) is 23.1 Å². The van der Waals surface area contributed by atoms with Crippen molar-refractivity contribution in [1.29, 1.82) is 0 Å². The number of carbonyl (C=O) groups is 1. The third-order valence-electron chi connectivity index (χ3n) is 4.14. The second-order valence-electron chi connectivity index (χ2n) is 6.31. The lowest BCUT2D eigenvalue weighted by Crippen LogP contribution is -2.12. The van der Waals surface area contributed by atoms with E-state index in [0.29, 0.717) is 31.0 Å². The first kappa shape index (κ1) is 19.9. The Morgan fingerprint density at radius 2 is 2.07 bits per heavy atom. The predicted molar refractivity (Wildman–Crippen MR) is 120 cm³/mol. The van der Waals surface area contributed by atoms with Crippen LogP contribution in [0.15, 0.2) is 68.0 Å². The van der Waals surface area contributed by atoms with Gasteiger partial charge in [0.15, 0.2) is 0 Å². The molecule has 0 radical (unpaired) electrons. The van der Waals surface area contributed by atoms with Gasteiger partial charge in [-0.3, -0.25) is 4.79 Å². The molecular weight excluding hydrogens is 422 g/mol. The number of nitrogens with one attached hydrogen (secondary N) is 1. The number of thioether (sulfide) groups is 1. The first-order chi connectivity index (χ1) is 14.3. The largest absolute Gasteiger partial charge is 0.339 e. The van der Waals surface area contributed by atoms with Gasteiger partial charge in [-0.1, -0.05) is 23.4 Å². The SMILES string of the molecule is O=C(CCCc1nc(-c2cccs2)no1)Nc1ccccc1SCc1ccsc1. The topological polar surface area (TPSA) is 68.0 Å². The Balaban J connectivity index is 1.26. The average Bonchev–Trinajstić information content (AvgIpc) is 3.49. The molecule has 5 nitrogen and oxygen atoms in total. The molecule has 0 aliphatic rings. The zero-order valence-electron chi connectivity index (χ0n) is 15.5. The molecule has 1 aromatic carbocycles. The molecule has 29 heavy (non-hydrogen) atoms. The first-order valence-electron chi connectivity index (χ1n) is 9.17. The van der Waals surface area contributed by atoms with Crippen LogP contribution in [0.2, 0.25) is 0 Å². The van der Waals surface area contributed by atoms with E-state index in [4.69, 9.17) is 4.52 Å². The van der Waals surface area contributed by atoms with Gasteiger partial charge < -0.3 is 9.84 Å². The molecule has 0 aliphatic carbocycles. The third kappa shape index (κ3) is 5.56. The van der Waals surface area contributed by atoms with Gasteiger partial charge in [-0.2, -0.15) is 16.3 Å². The molecule has 0 saturated heterocycles. The highest BCUT2D eigenvalue weighted by Gasteiger charge is 2.11. The van der Waals surface area contributed by atoms with Crippen LogP contribution in [0, 0.1) is 0 Å². The molecular formula is C21H19N3O2S3. The monoisotopic (exact) mass is 441 g/mol. The summed E-state index contributed by atoms with van der Waals surface area (Å²) in [4.78, 5) is 18.8. The van der Waals surface area contributed by atoms with Crippen LogP contribution in [0.5, 0.6) is 0 Å². The van der Waals surface area contributed by atoms with Crippen LogP contribution in [0.1, 0.15) is 24.3 Å². The highest BCUT2D eigenvalue weighted by atomic mass is 32.2. The van der Waals surface area contributed by atoms with E-state index < -0.39 is 0 Å². The van der Waals surface area contributed by atoms with Gasteiger partial charge in [0.25, 0.3) is 0 Å². The number of thiophene rings is 2. The fourth-order valence-corrected chi connectivity index (χ4v) is 5.08. The molecule has 0 bridgehead atoms. The van der Waals surface area contributed by atoms with Crippen molar-refractivity contribution in [3.63, 3.8) is 0 Å². The molecule has 4 aromatic rings. The molecule has 1 amide bonds. The Morgan fingerprint density at radius 1 is 1.14 bits per heavy atom. The summed E-state index contributed by atoms with van der Waals surface area (Å²) < 4.78 is 5.29. The summed E-state index contributed by atoms with van der Waals surface area (Å²) >= 11 is 5.00. The maximum atomic E-state index is 12.4. The van der Waals surface area contributed by atoms with E-state index in [9.17, 15) is 4.79 Å². The van der Waals surface area contributed by atoms with Gasteiger partial charge >= 0.3 is 0 Å². The predicted octanol–water partition coefficient (Wildman–Crippen LogP) is 6.11. The van der Waals surface area contributed by atoms with Gasteiger partial charge in [-0.05, 0) is 52.4 Å². The summed E-state index contributed by atoms with van der Waals surface area (Å²) in [5, 5.41) is 13.2. The smallest absolute Gasteiger partial charge is 0.226 e. The number of nitrogens with zero attached hydrogens (tertiary/aromatic N) is 2. The molecule has 3 aromatic heterocycles. The molecule has 0 aliphatic heterocycles. The lowest BCUT2D eigenvalue weighted by molar-refractivity contribution is -0.116. The van der Waals surface area contributed by atoms with Crippen LogP contribution in [0.3, 0.4) is 0 Å². The highest BCUT2D eigenvalue weighted by Crippen LogP contribution is 2.30. The summed E-state index contributed by atoms with van der Waals surface area (Å²) in [6.07, 6.45) is 1.64. The number of aromatic nitrogens is 2. The number of hydrogen-bond acceptors (Lipinski definition) is 7. The van der Waals surface area contributed by atoms with Crippen LogP contribution >= 0.6 is 34.4 Å². The lowest BCUT2D eigenvalue weighted by Gasteiger charge is -2.10. The Bertz CT molecular complexity index is 1040.